The Kier molecular flexibility index (Phi) is 6.37. The molecule has 0 bridgehead atoms. The molecule has 4 nitrogen and oxygen atoms in total. The normalized spacial score (nSPS) is 21.7. The first-order chi connectivity index (χ1) is 14.5. The van der Waals surface area contributed by atoms with E-state index < -0.39 is 0 Å². The Morgan fingerprint density at radius 2 is 1.90 bits per heavy atom. The largest absolute Gasteiger partial charge is 0.353 e. The number of hydrogen-bond donors (Lipinski definition) is 1. The molecule has 3 aromatic rings. The lowest BCUT2D eigenvalue weighted by Gasteiger charge is -2.44. The smallest absolute Gasteiger partial charge is 0.226 e. The molecule has 1 saturated carbocycles. The van der Waals surface area contributed by atoms with Gasteiger partial charge in [0, 0.05) is 21.4 Å². The van der Waals surface area contributed by atoms with Crippen molar-refractivity contribution in [3.63, 3.8) is 0 Å². The average Bonchev–Trinajstić information content (AvgIpc) is 3.40. The quantitative estimate of drug-likeness (QED) is 0.571. The van der Waals surface area contributed by atoms with E-state index in [4.69, 9.17) is 4.98 Å². The molecule has 0 aliphatic heterocycles. The molecule has 0 atom stereocenters. The summed E-state index contributed by atoms with van der Waals surface area (Å²) >= 11 is 3.50. The molecule has 1 amide bonds. The number of aryl methyl sites for hydroxylation is 1. The summed E-state index contributed by atoms with van der Waals surface area (Å²) in [7, 11) is 4.35. The Hall–Kier alpha value is -2.02. The van der Waals surface area contributed by atoms with Gasteiger partial charge in [-0.15, -0.1) is 22.7 Å². The van der Waals surface area contributed by atoms with Gasteiger partial charge in [-0.05, 0) is 58.1 Å². The molecule has 0 unspecified atom stereocenters. The SMILES string of the molecule is Cc1sc(-c2ccccc2)nc1CC(=O)NC1CCC(c2cccs2)(N(C)C)CC1. The second-order valence-electron chi connectivity index (χ2n) is 8.31. The first-order valence-electron chi connectivity index (χ1n) is 10.5. The Bertz CT molecular complexity index is 971. The highest BCUT2D eigenvalue weighted by atomic mass is 32.1. The number of nitrogens with one attached hydrogen (secondary N) is 1. The van der Waals surface area contributed by atoms with Crippen LogP contribution in [0, 0.1) is 6.92 Å². The van der Waals surface area contributed by atoms with Crippen LogP contribution in [-0.2, 0) is 16.8 Å². The number of nitrogens with zero attached hydrogens (tertiary/aromatic N) is 2. The van der Waals surface area contributed by atoms with Gasteiger partial charge in [0.25, 0.3) is 0 Å². The molecule has 2 heterocycles. The summed E-state index contributed by atoms with van der Waals surface area (Å²) in [6.07, 6.45) is 4.51. The summed E-state index contributed by atoms with van der Waals surface area (Å²) in [4.78, 5) is 22.4. The second kappa shape index (κ2) is 9.00. The van der Waals surface area contributed by atoms with E-state index in [2.05, 4.69) is 60.9 Å². The molecular formula is C24H29N3OS2. The lowest BCUT2D eigenvalue weighted by molar-refractivity contribution is -0.121. The number of rotatable bonds is 6. The third kappa shape index (κ3) is 4.36. The van der Waals surface area contributed by atoms with Crippen molar-refractivity contribution >= 4 is 28.6 Å². The monoisotopic (exact) mass is 439 g/mol. The summed E-state index contributed by atoms with van der Waals surface area (Å²) in [6, 6.07) is 14.8. The van der Waals surface area contributed by atoms with Crippen molar-refractivity contribution < 1.29 is 4.79 Å². The van der Waals surface area contributed by atoms with Gasteiger partial charge in [0.05, 0.1) is 17.7 Å². The number of aromatic nitrogens is 1. The molecular weight excluding hydrogens is 410 g/mol. The molecule has 1 fully saturated rings. The van der Waals surface area contributed by atoms with Gasteiger partial charge in [-0.1, -0.05) is 36.4 Å². The van der Waals surface area contributed by atoms with Crippen molar-refractivity contribution in [1.82, 2.24) is 15.2 Å². The molecule has 1 N–H and O–H groups in total. The standard InChI is InChI=1S/C24H29N3OS2/c1-17-20(26-23(30-17)18-8-5-4-6-9-18)16-22(28)25-19-11-13-24(14-12-19,27(2)3)21-10-7-15-29-21/h4-10,15,19H,11-14,16H2,1-3H3,(H,25,28). The van der Waals surface area contributed by atoms with E-state index in [-0.39, 0.29) is 17.5 Å². The molecule has 1 aliphatic carbocycles. The Morgan fingerprint density at radius 1 is 1.17 bits per heavy atom. The molecule has 1 aromatic carbocycles. The van der Waals surface area contributed by atoms with Crippen molar-refractivity contribution in [1.29, 1.82) is 0 Å². The van der Waals surface area contributed by atoms with Gasteiger partial charge in [-0.25, -0.2) is 4.98 Å². The first kappa shape index (κ1) is 21.2. The number of carbonyl (C=O) groups is 1. The zero-order valence-corrected chi connectivity index (χ0v) is 19.5. The van der Waals surface area contributed by atoms with Crippen LogP contribution in [0.3, 0.4) is 0 Å². The van der Waals surface area contributed by atoms with Crippen LogP contribution >= 0.6 is 22.7 Å². The fourth-order valence-corrected chi connectivity index (χ4v) is 6.43. The van der Waals surface area contributed by atoms with Crippen LogP contribution in [-0.4, -0.2) is 35.9 Å². The number of hydrogen-bond acceptors (Lipinski definition) is 5. The molecule has 6 heteroatoms. The molecule has 4 rings (SSSR count). The van der Waals surface area contributed by atoms with Gasteiger partial charge < -0.3 is 5.32 Å². The molecule has 0 radical (unpaired) electrons. The van der Waals surface area contributed by atoms with Crippen LogP contribution in [0.5, 0.6) is 0 Å². The average molecular weight is 440 g/mol. The van der Waals surface area contributed by atoms with Gasteiger partial charge in [0.1, 0.15) is 5.01 Å². The molecule has 158 valence electrons. The van der Waals surface area contributed by atoms with E-state index in [1.54, 1.807) is 11.3 Å². The van der Waals surface area contributed by atoms with Gasteiger partial charge in [0.2, 0.25) is 5.91 Å². The fraction of sp³-hybridized carbons (Fsp3) is 0.417. The van der Waals surface area contributed by atoms with Gasteiger partial charge in [0.15, 0.2) is 0 Å². The third-order valence-electron chi connectivity index (χ3n) is 6.26. The molecule has 30 heavy (non-hydrogen) atoms. The highest BCUT2D eigenvalue weighted by Gasteiger charge is 2.39. The van der Waals surface area contributed by atoms with Crippen molar-refractivity contribution in [2.45, 2.75) is 50.6 Å². The van der Waals surface area contributed by atoms with Crippen LogP contribution in [0.4, 0.5) is 0 Å². The number of thiazole rings is 1. The van der Waals surface area contributed by atoms with Crippen LogP contribution < -0.4 is 5.32 Å². The molecule has 1 aliphatic rings. The van der Waals surface area contributed by atoms with E-state index in [0.29, 0.717) is 6.42 Å². The number of carbonyl (C=O) groups excluding carboxylic acids is 1. The van der Waals surface area contributed by atoms with Gasteiger partial charge >= 0.3 is 0 Å². The molecule has 0 saturated heterocycles. The second-order valence-corrected chi connectivity index (χ2v) is 10.5. The highest BCUT2D eigenvalue weighted by Crippen LogP contribution is 2.43. The van der Waals surface area contributed by atoms with Crippen molar-refractivity contribution in [3.05, 3.63) is 63.3 Å². The lowest BCUT2D eigenvalue weighted by Crippen LogP contribution is -2.48. The maximum Gasteiger partial charge on any atom is 0.226 e. The van der Waals surface area contributed by atoms with Crippen molar-refractivity contribution in [2.75, 3.05) is 14.1 Å². The first-order valence-corrected chi connectivity index (χ1v) is 12.2. The number of amides is 1. The van der Waals surface area contributed by atoms with E-state index in [9.17, 15) is 4.79 Å². The highest BCUT2D eigenvalue weighted by molar-refractivity contribution is 7.15. The summed E-state index contributed by atoms with van der Waals surface area (Å²) in [5, 5.41) is 6.42. The molecule has 2 aromatic heterocycles. The van der Waals surface area contributed by atoms with E-state index in [1.807, 2.05) is 29.5 Å². The maximum atomic E-state index is 12.7. The van der Waals surface area contributed by atoms with Crippen LogP contribution in [0.15, 0.2) is 47.8 Å². The minimum atomic E-state index is 0.0847. The van der Waals surface area contributed by atoms with Crippen molar-refractivity contribution in [2.24, 2.45) is 0 Å². The molecule has 0 spiro atoms. The lowest BCUT2D eigenvalue weighted by atomic mass is 9.77. The van der Waals surface area contributed by atoms with Crippen molar-refractivity contribution in [3.8, 4) is 10.6 Å². The predicted molar refractivity (Wildman–Crippen MR) is 126 cm³/mol. The number of benzene rings is 1. The van der Waals surface area contributed by atoms with Crippen LogP contribution in [0.2, 0.25) is 0 Å². The Labute approximate surface area is 187 Å². The van der Waals surface area contributed by atoms with Gasteiger partial charge in [-0.2, -0.15) is 0 Å². The summed E-state index contributed by atoms with van der Waals surface area (Å²) in [6.45, 7) is 2.06. The summed E-state index contributed by atoms with van der Waals surface area (Å²) in [5.41, 5.74) is 2.11. The van der Waals surface area contributed by atoms with Crippen LogP contribution in [0.1, 0.15) is 41.1 Å². The summed E-state index contributed by atoms with van der Waals surface area (Å²) < 4.78 is 0. The zero-order valence-electron chi connectivity index (χ0n) is 17.9. The van der Waals surface area contributed by atoms with Crippen LogP contribution in [0.25, 0.3) is 10.6 Å². The summed E-state index contributed by atoms with van der Waals surface area (Å²) in [5.74, 6) is 0.0847. The maximum absolute atomic E-state index is 12.7. The topological polar surface area (TPSA) is 45.2 Å². The number of thiophene rings is 1. The zero-order chi connectivity index (χ0) is 21.1. The fourth-order valence-electron chi connectivity index (χ4n) is 4.42. The Balaban J connectivity index is 1.36. The van der Waals surface area contributed by atoms with Gasteiger partial charge in [-0.3, -0.25) is 9.69 Å². The Morgan fingerprint density at radius 3 is 2.53 bits per heavy atom. The predicted octanol–water partition coefficient (Wildman–Crippen LogP) is 5.24. The van der Waals surface area contributed by atoms with E-state index >= 15 is 0 Å². The minimum absolute atomic E-state index is 0.0847. The van der Waals surface area contributed by atoms with E-state index in [1.165, 1.54) is 4.88 Å². The third-order valence-corrected chi connectivity index (χ3v) is 8.38. The van der Waals surface area contributed by atoms with E-state index in [0.717, 1.165) is 46.8 Å². The minimum Gasteiger partial charge on any atom is -0.353 e.